The van der Waals surface area contributed by atoms with Crippen LogP contribution in [0.3, 0.4) is 0 Å². The van der Waals surface area contributed by atoms with Crippen LogP contribution in [0.2, 0.25) is 5.02 Å². The van der Waals surface area contributed by atoms with Gasteiger partial charge in [-0.15, -0.1) is 0 Å². The van der Waals surface area contributed by atoms with Crippen LogP contribution >= 0.6 is 11.6 Å². The minimum absolute atomic E-state index is 0.160. The maximum absolute atomic E-state index is 6.27. The number of hydrogen-bond acceptors (Lipinski definition) is 1. The highest BCUT2D eigenvalue weighted by molar-refractivity contribution is 6.30. The van der Waals surface area contributed by atoms with Gasteiger partial charge in [-0.25, -0.2) is 0 Å². The van der Waals surface area contributed by atoms with Crippen molar-refractivity contribution in [3.05, 3.63) is 34.3 Å². The van der Waals surface area contributed by atoms with Crippen LogP contribution in [0.15, 0.2) is 18.2 Å². The molecule has 0 fully saturated rings. The molecule has 0 bridgehead atoms. The van der Waals surface area contributed by atoms with E-state index in [-0.39, 0.29) is 6.04 Å². The van der Waals surface area contributed by atoms with Crippen molar-refractivity contribution < 1.29 is 0 Å². The number of benzene rings is 1. The van der Waals surface area contributed by atoms with Crippen LogP contribution in [-0.4, -0.2) is 0 Å². The van der Waals surface area contributed by atoms with E-state index in [1.807, 2.05) is 12.1 Å². The van der Waals surface area contributed by atoms with Gasteiger partial charge in [-0.05, 0) is 36.6 Å². The number of rotatable bonds is 9. The molecule has 2 N–H and O–H groups in total. The Kier molecular flexibility index (Phi) is 8.16. The molecule has 1 aromatic rings. The van der Waals surface area contributed by atoms with E-state index in [1.165, 1.54) is 56.1 Å². The summed E-state index contributed by atoms with van der Waals surface area (Å²) in [6.45, 7) is 4.35. The van der Waals surface area contributed by atoms with Gasteiger partial charge in [-0.1, -0.05) is 69.5 Å². The zero-order chi connectivity index (χ0) is 14.1. The summed E-state index contributed by atoms with van der Waals surface area (Å²) < 4.78 is 0. The number of hydrogen-bond donors (Lipinski definition) is 1. The van der Waals surface area contributed by atoms with Gasteiger partial charge in [0.2, 0.25) is 0 Å². The molecule has 1 nitrogen and oxygen atoms in total. The van der Waals surface area contributed by atoms with Gasteiger partial charge in [0.25, 0.3) is 0 Å². The predicted octanol–water partition coefficient (Wildman–Crippen LogP) is 5.79. The van der Waals surface area contributed by atoms with Gasteiger partial charge >= 0.3 is 0 Å². The average molecular weight is 282 g/mol. The molecule has 1 unspecified atom stereocenters. The summed E-state index contributed by atoms with van der Waals surface area (Å²) in [5, 5.41) is 0.796. The summed E-state index contributed by atoms with van der Waals surface area (Å²) in [6, 6.07) is 6.17. The van der Waals surface area contributed by atoms with Crippen LogP contribution in [-0.2, 0) is 0 Å². The van der Waals surface area contributed by atoms with Gasteiger partial charge in [0.05, 0.1) is 0 Å². The number of halogens is 1. The van der Waals surface area contributed by atoms with Crippen molar-refractivity contribution in [1.82, 2.24) is 0 Å². The Morgan fingerprint density at radius 2 is 1.68 bits per heavy atom. The molecule has 0 radical (unpaired) electrons. The maximum atomic E-state index is 6.27. The molecule has 0 aliphatic carbocycles. The number of aryl methyl sites for hydroxylation is 1. The third-order valence-electron chi connectivity index (χ3n) is 3.75. The summed E-state index contributed by atoms with van der Waals surface area (Å²) in [5.41, 5.74) is 8.72. The molecule has 0 spiro atoms. The summed E-state index contributed by atoms with van der Waals surface area (Å²) in [6.07, 6.45) is 10.4. The highest BCUT2D eigenvalue weighted by Crippen LogP contribution is 2.23. The molecular weight excluding hydrogens is 254 g/mol. The summed E-state index contributed by atoms with van der Waals surface area (Å²) in [5.74, 6) is 0. The second kappa shape index (κ2) is 9.39. The largest absolute Gasteiger partial charge is 0.324 e. The Balaban J connectivity index is 2.22. The van der Waals surface area contributed by atoms with E-state index < -0.39 is 0 Å². The average Bonchev–Trinajstić information content (AvgIpc) is 2.37. The fourth-order valence-corrected chi connectivity index (χ4v) is 2.76. The first-order chi connectivity index (χ1) is 9.15. The minimum Gasteiger partial charge on any atom is -0.324 e. The molecule has 1 rings (SSSR count). The minimum atomic E-state index is 0.160. The molecule has 19 heavy (non-hydrogen) atoms. The lowest BCUT2D eigenvalue weighted by Gasteiger charge is -2.15. The van der Waals surface area contributed by atoms with E-state index in [0.29, 0.717) is 0 Å². The molecule has 0 aliphatic rings. The maximum Gasteiger partial charge on any atom is 0.0408 e. The summed E-state index contributed by atoms with van der Waals surface area (Å²) >= 11 is 5.97. The second-order valence-corrected chi connectivity index (χ2v) is 5.95. The topological polar surface area (TPSA) is 26.0 Å². The standard InChI is InChI=1S/C17H28ClN/c1-3-4-5-6-7-8-9-10-17(19)16-12-11-15(18)13-14(16)2/h11-13,17H,3-10,19H2,1-2H3. The normalized spacial score (nSPS) is 12.6. The zero-order valence-corrected chi connectivity index (χ0v) is 13.2. The van der Waals surface area contributed by atoms with Gasteiger partial charge in [-0.3, -0.25) is 0 Å². The lowest BCUT2D eigenvalue weighted by Crippen LogP contribution is -2.11. The van der Waals surface area contributed by atoms with Gasteiger partial charge < -0.3 is 5.73 Å². The SMILES string of the molecule is CCCCCCCCCC(N)c1ccc(Cl)cc1C. The highest BCUT2D eigenvalue weighted by Gasteiger charge is 2.08. The van der Waals surface area contributed by atoms with Crippen LogP contribution in [0.25, 0.3) is 0 Å². The molecule has 0 aromatic heterocycles. The number of nitrogens with two attached hydrogens (primary N) is 1. The summed E-state index contributed by atoms with van der Waals surface area (Å²) in [4.78, 5) is 0. The van der Waals surface area contributed by atoms with E-state index in [4.69, 9.17) is 17.3 Å². The van der Waals surface area contributed by atoms with Crippen LogP contribution in [0.5, 0.6) is 0 Å². The van der Waals surface area contributed by atoms with Crippen molar-refractivity contribution in [2.45, 2.75) is 71.3 Å². The van der Waals surface area contributed by atoms with Gasteiger partial charge in [0, 0.05) is 11.1 Å². The van der Waals surface area contributed by atoms with Crippen LogP contribution in [0, 0.1) is 6.92 Å². The van der Waals surface area contributed by atoms with Gasteiger partial charge in [-0.2, -0.15) is 0 Å². The third kappa shape index (κ3) is 6.44. The van der Waals surface area contributed by atoms with E-state index in [2.05, 4.69) is 19.9 Å². The first-order valence-corrected chi connectivity index (χ1v) is 8.04. The van der Waals surface area contributed by atoms with Crippen molar-refractivity contribution in [3.8, 4) is 0 Å². The Morgan fingerprint density at radius 3 is 2.32 bits per heavy atom. The fourth-order valence-electron chi connectivity index (χ4n) is 2.53. The molecule has 108 valence electrons. The Morgan fingerprint density at radius 1 is 1.05 bits per heavy atom. The first kappa shape index (κ1) is 16.5. The molecule has 0 amide bonds. The van der Waals surface area contributed by atoms with E-state index >= 15 is 0 Å². The van der Waals surface area contributed by atoms with Gasteiger partial charge in [0.15, 0.2) is 0 Å². The smallest absolute Gasteiger partial charge is 0.0408 e. The van der Waals surface area contributed by atoms with Crippen LogP contribution in [0.4, 0.5) is 0 Å². The van der Waals surface area contributed by atoms with Crippen molar-refractivity contribution in [2.75, 3.05) is 0 Å². The quantitative estimate of drug-likeness (QED) is 0.570. The molecule has 1 atom stereocenters. The molecule has 0 aliphatic heterocycles. The summed E-state index contributed by atoms with van der Waals surface area (Å²) in [7, 11) is 0. The van der Waals surface area contributed by atoms with E-state index in [9.17, 15) is 0 Å². The van der Waals surface area contributed by atoms with Crippen molar-refractivity contribution >= 4 is 11.6 Å². The molecule has 2 heteroatoms. The monoisotopic (exact) mass is 281 g/mol. The lowest BCUT2D eigenvalue weighted by molar-refractivity contribution is 0.540. The van der Waals surface area contributed by atoms with E-state index in [0.717, 1.165) is 11.4 Å². The predicted molar refractivity (Wildman–Crippen MR) is 85.7 cm³/mol. The third-order valence-corrected chi connectivity index (χ3v) is 3.99. The van der Waals surface area contributed by atoms with Crippen LogP contribution < -0.4 is 5.73 Å². The van der Waals surface area contributed by atoms with Crippen molar-refractivity contribution in [2.24, 2.45) is 5.73 Å². The Labute approximate surface area is 123 Å². The van der Waals surface area contributed by atoms with Crippen LogP contribution in [0.1, 0.15) is 75.5 Å². The molecular formula is C17H28ClN. The fraction of sp³-hybridized carbons (Fsp3) is 0.647. The molecule has 0 heterocycles. The first-order valence-electron chi connectivity index (χ1n) is 7.66. The zero-order valence-electron chi connectivity index (χ0n) is 12.4. The Bertz CT molecular complexity index is 362. The van der Waals surface area contributed by atoms with E-state index in [1.54, 1.807) is 0 Å². The molecule has 0 saturated heterocycles. The Hall–Kier alpha value is -0.530. The second-order valence-electron chi connectivity index (χ2n) is 5.52. The van der Waals surface area contributed by atoms with Crippen molar-refractivity contribution in [1.29, 1.82) is 0 Å². The highest BCUT2D eigenvalue weighted by atomic mass is 35.5. The van der Waals surface area contributed by atoms with Gasteiger partial charge in [0.1, 0.15) is 0 Å². The van der Waals surface area contributed by atoms with Crippen molar-refractivity contribution in [3.63, 3.8) is 0 Å². The molecule has 0 saturated carbocycles. The number of unbranched alkanes of at least 4 members (excludes halogenated alkanes) is 6. The molecule has 1 aromatic carbocycles. The lowest BCUT2D eigenvalue weighted by atomic mass is 9.97.